The third kappa shape index (κ3) is 5.92. The lowest BCUT2D eigenvalue weighted by Gasteiger charge is -2.05. The molecule has 0 fully saturated rings. The second-order valence-corrected chi connectivity index (χ2v) is 1.83. The molecule has 0 heterocycles. The SMILES string of the molecule is CCCO[C]N(C)C. The van der Waals surface area contributed by atoms with E-state index in [0.717, 1.165) is 13.0 Å². The highest BCUT2D eigenvalue weighted by atomic mass is 16.5. The molecule has 0 aromatic rings. The molecular formula is C6H13NO. The number of rotatable bonds is 4. The van der Waals surface area contributed by atoms with Gasteiger partial charge < -0.3 is 4.74 Å². The quantitative estimate of drug-likeness (QED) is 0.400. The minimum absolute atomic E-state index is 0.762. The minimum atomic E-state index is 0.762. The van der Waals surface area contributed by atoms with Crippen LogP contribution in [0.1, 0.15) is 13.3 Å². The van der Waals surface area contributed by atoms with E-state index in [9.17, 15) is 0 Å². The second-order valence-electron chi connectivity index (χ2n) is 1.83. The Morgan fingerprint density at radius 1 is 1.50 bits per heavy atom. The molecule has 0 aromatic carbocycles. The van der Waals surface area contributed by atoms with Gasteiger partial charge in [0.2, 0.25) is 6.73 Å². The van der Waals surface area contributed by atoms with E-state index in [1.807, 2.05) is 14.1 Å². The molecule has 0 aliphatic carbocycles. The maximum atomic E-state index is 4.92. The van der Waals surface area contributed by atoms with E-state index in [4.69, 9.17) is 4.74 Å². The summed E-state index contributed by atoms with van der Waals surface area (Å²) < 4.78 is 4.92. The van der Waals surface area contributed by atoms with E-state index in [2.05, 4.69) is 13.7 Å². The summed E-state index contributed by atoms with van der Waals surface area (Å²) in [5, 5.41) is 0. The Bertz CT molecular complexity index is 45.8. The monoisotopic (exact) mass is 115 g/mol. The molecule has 0 atom stereocenters. The van der Waals surface area contributed by atoms with Crippen LogP contribution in [-0.4, -0.2) is 25.6 Å². The normalized spacial score (nSPS) is 10.5. The van der Waals surface area contributed by atoms with Crippen LogP contribution >= 0.6 is 0 Å². The highest BCUT2D eigenvalue weighted by molar-refractivity contribution is 4.42. The number of ether oxygens (including phenoxy) is 1. The first kappa shape index (κ1) is 7.92. The largest absolute Gasteiger partial charge is 0.352 e. The Kier molecular flexibility index (Phi) is 5.01. The van der Waals surface area contributed by atoms with E-state index in [1.54, 1.807) is 4.90 Å². The van der Waals surface area contributed by atoms with Gasteiger partial charge in [0.05, 0.1) is 0 Å². The second kappa shape index (κ2) is 5.06. The fourth-order valence-electron chi connectivity index (χ4n) is 0.277. The van der Waals surface area contributed by atoms with Crippen molar-refractivity contribution in [2.24, 2.45) is 0 Å². The fourth-order valence-corrected chi connectivity index (χ4v) is 0.277. The van der Waals surface area contributed by atoms with Crippen molar-refractivity contribution in [2.75, 3.05) is 20.7 Å². The van der Waals surface area contributed by atoms with Crippen molar-refractivity contribution in [1.82, 2.24) is 4.90 Å². The highest BCUT2D eigenvalue weighted by Gasteiger charge is 1.88. The van der Waals surface area contributed by atoms with Gasteiger partial charge in [0.25, 0.3) is 0 Å². The molecule has 0 rings (SSSR count). The molecule has 0 amide bonds. The molecule has 0 saturated heterocycles. The maximum Gasteiger partial charge on any atom is 0.216 e. The molecule has 0 unspecified atom stereocenters. The third-order valence-electron chi connectivity index (χ3n) is 0.553. The van der Waals surface area contributed by atoms with Crippen molar-refractivity contribution >= 4 is 0 Å². The molecule has 2 radical (unpaired) electrons. The summed E-state index contributed by atoms with van der Waals surface area (Å²) in [5.41, 5.74) is 0. The van der Waals surface area contributed by atoms with Gasteiger partial charge in [-0.1, -0.05) is 6.92 Å². The van der Waals surface area contributed by atoms with E-state index >= 15 is 0 Å². The molecular weight excluding hydrogens is 102 g/mol. The van der Waals surface area contributed by atoms with Gasteiger partial charge in [0.1, 0.15) is 0 Å². The van der Waals surface area contributed by atoms with E-state index in [1.165, 1.54) is 0 Å². The Labute approximate surface area is 51.4 Å². The van der Waals surface area contributed by atoms with Crippen LogP contribution in [0.2, 0.25) is 0 Å². The lowest BCUT2D eigenvalue weighted by Crippen LogP contribution is -2.09. The van der Waals surface area contributed by atoms with Gasteiger partial charge in [-0.25, -0.2) is 0 Å². The molecule has 0 aliphatic heterocycles. The van der Waals surface area contributed by atoms with Crippen LogP contribution in [0.5, 0.6) is 0 Å². The van der Waals surface area contributed by atoms with Crippen LogP contribution in [0.4, 0.5) is 0 Å². The Hall–Kier alpha value is -0.0800. The third-order valence-corrected chi connectivity index (χ3v) is 0.553. The van der Waals surface area contributed by atoms with Crippen LogP contribution < -0.4 is 0 Å². The van der Waals surface area contributed by atoms with Crippen molar-refractivity contribution in [1.29, 1.82) is 0 Å². The first-order valence-corrected chi connectivity index (χ1v) is 2.82. The number of nitrogens with zero attached hydrogens (tertiary/aromatic N) is 1. The van der Waals surface area contributed by atoms with Gasteiger partial charge in [-0.3, -0.25) is 4.90 Å². The maximum absolute atomic E-state index is 4.92. The van der Waals surface area contributed by atoms with Crippen LogP contribution in [0.3, 0.4) is 0 Å². The summed E-state index contributed by atoms with van der Waals surface area (Å²) in [5.74, 6) is 0. The molecule has 2 heteroatoms. The molecule has 8 heavy (non-hydrogen) atoms. The van der Waals surface area contributed by atoms with Crippen molar-refractivity contribution in [3.05, 3.63) is 6.73 Å². The summed E-state index contributed by atoms with van der Waals surface area (Å²) in [4.78, 5) is 1.76. The van der Waals surface area contributed by atoms with Gasteiger partial charge in [0.15, 0.2) is 0 Å². The zero-order chi connectivity index (χ0) is 6.41. The summed E-state index contributed by atoms with van der Waals surface area (Å²) >= 11 is 0. The smallest absolute Gasteiger partial charge is 0.216 e. The standard InChI is InChI=1S/C6H13NO/c1-4-5-8-6-7(2)3/h4-5H2,1-3H3. The zero-order valence-corrected chi connectivity index (χ0v) is 5.77. The average molecular weight is 115 g/mol. The van der Waals surface area contributed by atoms with Crippen molar-refractivity contribution in [2.45, 2.75) is 13.3 Å². The van der Waals surface area contributed by atoms with Crippen LogP contribution in [-0.2, 0) is 4.74 Å². The molecule has 0 aliphatic rings. The average Bonchev–Trinajstić information content (AvgIpc) is 1.66. The lowest BCUT2D eigenvalue weighted by molar-refractivity contribution is 0.128. The van der Waals surface area contributed by atoms with Gasteiger partial charge in [-0.05, 0) is 20.5 Å². The van der Waals surface area contributed by atoms with Crippen molar-refractivity contribution in [3.8, 4) is 0 Å². The Balaban J connectivity index is 2.72. The molecule has 0 N–H and O–H groups in total. The predicted molar refractivity (Wildman–Crippen MR) is 33.2 cm³/mol. The zero-order valence-electron chi connectivity index (χ0n) is 5.77. The number of hydrogen-bond donors (Lipinski definition) is 0. The molecule has 0 bridgehead atoms. The minimum Gasteiger partial charge on any atom is -0.352 e. The Morgan fingerprint density at radius 3 is 2.50 bits per heavy atom. The van der Waals surface area contributed by atoms with E-state index in [0.29, 0.717) is 0 Å². The van der Waals surface area contributed by atoms with E-state index in [-0.39, 0.29) is 0 Å². The molecule has 0 aromatic heterocycles. The number of hydrogen-bond acceptors (Lipinski definition) is 2. The van der Waals surface area contributed by atoms with Gasteiger partial charge in [-0.15, -0.1) is 0 Å². The topological polar surface area (TPSA) is 12.5 Å². The molecule has 2 nitrogen and oxygen atoms in total. The van der Waals surface area contributed by atoms with Gasteiger partial charge in [0, 0.05) is 6.61 Å². The molecule has 48 valence electrons. The summed E-state index contributed by atoms with van der Waals surface area (Å²) in [6.07, 6.45) is 1.04. The van der Waals surface area contributed by atoms with Gasteiger partial charge in [-0.2, -0.15) is 0 Å². The Morgan fingerprint density at radius 2 is 2.12 bits per heavy atom. The van der Waals surface area contributed by atoms with Gasteiger partial charge >= 0.3 is 0 Å². The van der Waals surface area contributed by atoms with E-state index < -0.39 is 0 Å². The fraction of sp³-hybridized carbons (Fsp3) is 0.833. The first-order valence-electron chi connectivity index (χ1n) is 2.82. The molecule has 0 spiro atoms. The van der Waals surface area contributed by atoms with Crippen LogP contribution in [0, 0.1) is 6.73 Å². The summed E-state index contributed by atoms with van der Waals surface area (Å²) in [6.45, 7) is 5.51. The van der Waals surface area contributed by atoms with Crippen molar-refractivity contribution in [3.63, 3.8) is 0 Å². The summed E-state index contributed by atoms with van der Waals surface area (Å²) in [6, 6.07) is 0. The van der Waals surface area contributed by atoms with Crippen molar-refractivity contribution < 1.29 is 4.74 Å². The van der Waals surface area contributed by atoms with Crippen LogP contribution in [0.15, 0.2) is 0 Å². The lowest BCUT2D eigenvalue weighted by atomic mass is 10.5. The molecule has 0 saturated carbocycles. The summed E-state index contributed by atoms with van der Waals surface area (Å²) in [7, 11) is 3.77. The first-order chi connectivity index (χ1) is 3.77. The highest BCUT2D eigenvalue weighted by Crippen LogP contribution is 1.86. The van der Waals surface area contributed by atoms with Crippen LogP contribution in [0.25, 0.3) is 0 Å². The predicted octanol–water partition coefficient (Wildman–Crippen LogP) is 0.971.